The Kier molecular flexibility index (Phi) is 6.79. The topological polar surface area (TPSA) is 34.0 Å². The summed E-state index contributed by atoms with van der Waals surface area (Å²) in [5.41, 5.74) is 9.32. The van der Waals surface area contributed by atoms with E-state index in [4.69, 9.17) is 4.98 Å². The number of nitrogens with zero attached hydrogens (tertiary/aromatic N) is 4. The fraction of sp³-hybridized carbons (Fsp3) is 0.118. The van der Waals surface area contributed by atoms with Crippen molar-refractivity contribution < 1.29 is 0 Å². The first kappa shape index (κ1) is 23.8. The van der Waals surface area contributed by atoms with E-state index in [2.05, 4.69) is 131 Å². The van der Waals surface area contributed by atoms with E-state index in [0.29, 0.717) is 0 Å². The maximum atomic E-state index is 4.80. The highest BCUT2D eigenvalue weighted by molar-refractivity contribution is 5.79. The van der Waals surface area contributed by atoms with Crippen LogP contribution in [0.2, 0.25) is 0 Å². The Balaban J connectivity index is 1.31. The van der Waals surface area contributed by atoms with Crippen LogP contribution in [0.3, 0.4) is 0 Å². The van der Waals surface area contributed by atoms with E-state index in [1.54, 1.807) is 6.20 Å². The summed E-state index contributed by atoms with van der Waals surface area (Å²) in [6, 6.07) is 40.9. The predicted octanol–water partition coefficient (Wildman–Crippen LogP) is 7.85. The van der Waals surface area contributed by atoms with Crippen LogP contribution in [0.1, 0.15) is 29.7 Å². The van der Waals surface area contributed by atoms with E-state index in [1.165, 1.54) is 16.7 Å². The third-order valence-corrected chi connectivity index (χ3v) is 7.18. The van der Waals surface area contributed by atoms with Gasteiger partial charge in [-0.15, -0.1) is 0 Å². The van der Waals surface area contributed by atoms with Crippen LogP contribution in [0.4, 0.5) is 0 Å². The summed E-state index contributed by atoms with van der Waals surface area (Å²) in [6.45, 7) is 4.05. The molecule has 6 aromatic rings. The third-order valence-electron chi connectivity index (χ3n) is 7.18. The minimum Gasteiger partial charge on any atom is -0.299 e. The molecule has 0 saturated carbocycles. The van der Waals surface area contributed by atoms with Crippen molar-refractivity contribution in [3.8, 4) is 16.8 Å². The van der Waals surface area contributed by atoms with Crippen molar-refractivity contribution in [2.75, 3.05) is 0 Å². The summed E-state index contributed by atoms with van der Waals surface area (Å²) in [5.74, 6) is 0. The summed E-state index contributed by atoms with van der Waals surface area (Å²) in [7, 11) is 0. The fourth-order valence-electron chi connectivity index (χ4n) is 5.04. The normalized spacial score (nSPS) is 12.2. The SMILES string of the molecule is CC(c1ccc2c(c1)ncn2-c1cccc(-c2cccnc2)c1)N(Cc1ccccc1)Cc1ccccc1. The Bertz CT molecular complexity index is 1580. The molecule has 1 atom stereocenters. The number of aromatic nitrogens is 3. The van der Waals surface area contributed by atoms with Crippen LogP contribution in [0.15, 0.2) is 134 Å². The molecule has 0 aliphatic rings. The molecule has 6 rings (SSSR count). The van der Waals surface area contributed by atoms with E-state index < -0.39 is 0 Å². The second-order valence-corrected chi connectivity index (χ2v) is 9.71. The minimum absolute atomic E-state index is 0.221. The van der Waals surface area contributed by atoms with Crippen LogP contribution >= 0.6 is 0 Å². The van der Waals surface area contributed by atoms with Crippen molar-refractivity contribution >= 4 is 11.0 Å². The molecule has 0 amide bonds. The molecule has 2 aromatic heterocycles. The van der Waals surface area contributed by atoms with Crippen molar-refractivity contribution in [3.05, 3.63) is 151 Å². The van der Waals surface area contributed by atoms with E-state index in [-0.39, 0.29) is 6.04 Å². The molecule has 1 unspecified atom stereocenters. The monoisotopic (exact) mass is 494 g/mol. The van der Waals surface area contributed by atoms with Crippen LogP contribution in [0.25, 0.3) is 27.8 Å². The van der Waals surface area contributed by atoms with Crippen molar-refractivity contribution in [2.24, 2.45) is 0 Å². The quantitative estimate of drug-likeness (QED) is 0.216. The first-order valence-corrected chi connectivity index (χ1v) is 13.0. The zero-order chi connectivity index (χ0) is 25.7. The maximum Gasteiger partial charge on any atom is 0.100 e. The van der Waals surface area contributed by atoms with E-state index in [9.17, 15) is 0 Å². The van der Waals surface area contributed by atoms with Gasteiger partial charge < -0.3 is 0 Å². The molecule has 38 heavy (non-hydrogen) atoms. The lowest BCUT2D eigenvalue weighted by Gasteiger charge is -2.30. The third kappa shape index (κ3) is 5.13. The van der Waals surface area contributed by atoms with Crippen molar-refractivity contribution in [3.63, 3.8) is 0 Å². The molecular formula is C34H30N4. The van der Waals surface area contributed by atoms with Crippen LogP contribution in [0.5, 0.6) is 0 Å². The van der Waals surface area contributed by atoms with Gasteiger partial charge in [0.15, 0.2) is 0 Å². The molecule has 186 valence electrons. The molecule has 4 nitrogen and oxygen atoms in total. The molecule has 0 aliphatic carbocycles. The molecule has 0 spiro atoms. The minimum atomic E-state index is 0.221. The largest absolute Gasteiger partial charge is 0.299 e. The van der Waals surface area contributed by atoms with Gasteiger partial charge in [0.1, 0.15) is 6.33 Å². The zero-order valence-electron chi connectivity index (χ0n) is 21.5. The zero-order valence-corrected chi connectivity index (χ0v) is 21.5. The van der Waals surface area contributed by atoms with Gasteiger partial charge in [-0.05, 0) is 59.5 Å². The van der Waals surface area contributed by atoms with Crippen molar-refractivity contribution in [1.82, 2.24) is 19.4 Å². The first-order chi connectivity index (χ1) is 18.7. The summed E-state index contributed by atoms with van der Waals surface area (Å²) in [4.78, 5) is 11.6. The van der Waals surface area contributed by atoms with Gasteiger partial charge in [-0.1, -0.05) is 84.9 Å². The maximum absolute atomic E-state index is 4.80. The van der Waals surface area contributed by atoms with Crippen LogP contribution in [-0.2, 0) is 13.1 Å². The molecular weight excluding hydrogens is 464 g/mol. The van der Waals surface area contributed by atoms with Crippen LogP contribution in [0, 0.1) is 0 Å². The molecule has 4 heteroatoms. The highest BCUT2D eigenvalue weighted by Gasteiger charge is 2.18. The van der Waals surface area contributed by atoms with Crippen LogP contribution in [-0.4, -0.2) is 19.4 Å². The van der Waals surface area contributed by atoms with Crippen molar-refractivity contribution in [1.29, 1.82) is 0 Å². The number of hydrogen-bond acceptors (Lipinski definition) is 3. The molecule has 0 radical (unpaired) electrons. The Hall–Kier alpha value is -4.54. The highest BCUT2D eigenvalue weighted by Crippen LogP contribution is 2.29. The summed E-state index contributed by atoms with van der Waals surface area (Å²) < 4.78 is 2.16. The smallest absolute Gasteiger partial charge is 0.100 e. The molecule has 0 saturated heterocycles. The van der Waals surface area contributed by atoms with Crippen LogP contribution < -0.4 is 0 Å². The number of rotatable bonds is 8. The average Bonchev–Trinajstić information content (AvgIpc) is 3.41. The van der Waals surface area contributed by atoms with Gasteiger partial charge in [0.25, 0.3) is 0 Å². The molecule has 0 bridgehead atoms. The summed E-state index contributed by atoms with van der Waals surface area (Å²) in [6.07, 6.45) is 5.62. The molecule has 0 aliphatic heterocycles. The first-order valence-electron chi connectivity index (χ1n) is 13.0. The Labute approximate surface area is 223 Å². The van der Waals surface area contributed by atoms with Gasteiger partial charge in [-0.2, -0.15) is 0 Å². The van der Waals surface area contributed by atoms with Crippen molar-refractivity contribution in [2.45, 2.75) is 26.1 Å². The summed E-state index contributed by atoms with van der Waals surface area (Å²) in [5, 5.41) is 0. The van der Waals surface area contributed by atoms with Gasteiger partial charge in [0.05, 0.1) is 11.0 Å². The highest BCUT2D eigenvalue weighted by atomic mass is 15.1. The van der Waals surface area contributed by atoms with Gasteiger partial charge in [-0.3, -0.25) is 14.5 Å². The Morgan fingerprint density at radius 2 is 1.42 bits per heavy atom. The number of benzene rings is 4. The second kappa shape index (κ2) is 10.8. The molecule has 4 aromatic carbocycles. The Morgan fingerprint density at radius 3 is 2.11 bits per heavy atom. The standard InChI is InChI=1S/C34H30N4/c1-26(37(23-27-10-4-2-5-11-27)24-28-12-6-3-7-13-28)29-17-18-34-33(21-29)36-25-38(34)32-16-8-14-30(20-32)31-15-9-19-35-22-31/h2-22,25-26H,23-24H2,1H3. The molecule has 0 N–H and O–H groups in total. The lowest BCUT2D eigenvalue weighted by atomic mass is 10.0. The number of fused-ring (bicyclic) bond motifs is 1. The number of pyridine rings is 1. The average molecular weight is 495 g/mol. The fourth-order valence-corrected chi connectivity index (χ4v) is 5.04. The molecule has 0 fully saturated rings. The lowest BCUT2D eigenvalue weighted by molar-refractivity contribution is 0.192. The summed E-state index contributed by atoms with van der Waals surface area (Å²) >= 11 is 0. The van der Waals surface area contributed by atoms with E-state index >= 15 is 0 Å². The van der Waals surface area contributed by atoms with Gasteiger partial charge in [-0.25, -0.2) is 4.98 Å². The Morgan fingerprint density at radius 1 is 0.711 bits per heavy atom. The molecule has 2 heterocycles. The van der Waals surface area contributed by atoms with Gasteiger partial charge >= 0.3 is 0 Å². The predicted molar refractivity (Wildman–Crippen MR) is 155 cm³/mol. The number of hydrogen-bond donors (Lipinski definition) is 0. The van der Waals surface area contributed by atoms with E-state index in [1.807, 2.05) is 18.6 Å². The number of imidazole rings is 1. The van der Waals surface area contributed by atoms with E-state index in [0.717, 1.165) is 40.9 Å². The lowest BCUT2D eigenvalue weighted by Crippen LogP contribution is -2.26. The van der Waals surface area contributed by atoms with Gasteiger partial charge in [0.2, 0.25) is 0 Å². The van der Waals surface area contributed by atoms with Gasteiger partial charge in [0, 0.05) is 42.8 Å². The second-order valence-electron chi connectivity index (χ2n) is 9.71.